The number of nitrogens with one attached hydrogen (secondary N) is 1. The van der Waals surface area contributed by atoms with Crippen LogP contribution in [0.3, 0.4) is 0 Å². The predicted molar refractivity (Wildman–Crippen MR) is 90.6 cm³/mol. The van der Waals surface area contributed by atoms with Gasteiger partial charge in [0, 0.05) is 15.5 Å². The third kappa shape index (κ3) is 4.79. The number of thioether (sulfide) groups is 1. The molecule has 0 bridgehead atoms. The normalized spacial score (nSPS) is 12.3. The van der Waals surface area contributed by atoms with Gasteiger partial charge >= 0.3 is 0 Å². The van der Waals surface area contributed by atoms with Crippen molar-refractivity contribution >= 4 is 35.5 Å². The van der Waals surface area contributed by atoms with Crippen molar-refractivity contribution in [2.24, 2.45) is 5.10 Å². The predicted octanol–water partition coefficient (Wildman–Crippen LogP) is 3.68. The number of benzene rings is 2. The lowest BCUT2D eigenvalue weighted by Gasteiger charge is -2.09. The van der Waals surface area contributed by atoms with Crippen LogP contribution in [0.4, 0.5) is 0 Å². The van der Waals surface area contributed by atoms with E-state index in [0.29, 0.717) is 10.6 Å². The lowest BCUT2D eigenvalue weighted by Crippen LogP contribution is -2.26. The molecule has 0 aliphatic heterocycles. The number of hydrogen-bond donors (Lipinski definition) is 2. The number of phenolic OH excluding ortho intramolecular Hbond substituents is 1. The van der Waals surface area contributed by atoms with Crippen molar-refractivity contribution in [3.63, 3.8) is 0 Å². The largest absolute Gasteiger partial charge is 0.507 e. The molecule has 0 saturated carbocycles. The number of amides is 1. The molecule has 0 heterocycles. The minimum atomic E-state index is -0.303. The second kappa shape index (κ2) is 7.87. The van der Waals surface area contributed by atoms with Gasteiger partial charge in [0.05, 0.1) is 11.5 Å². The van der Waals surface area contributed by atoms with E-state index in [-0.39, 0.29) is 16.9 Å². The first-order chi connectivity index (χ1) is 10.6. The minimum absolute atomic E-state index is 0.115. The Labute approximate surface area is 138 Å². The van der Waals surface area contributed by atoms with Crippen LogP contribution in [0.15, 0.2) is 58.5 Å². The number of nitrogens with zero attached hydrogens (tertiary/aromatic N) is 1. The molecule has 0 spiro atoms. The molecule has 22 heavy (non-hydrogen) atoms. The van der Waals surface area contributed by atoms with Crippen molar-refractivity contribution in [2.75, 3.05) is 0 Å². The molecule has 2 rings (SSSR count). The Morgan fingerprint density at radius 3 is 2.64 bits per heavy atom. The SMILES string of the molecule is C[C@H](Sc1ccc(Cl)cc1)C(=O)N/N=C\c1ccccc1O. The van der Waals surface area contributed by atoms with Crippen molar-refractivity contribution in [3.05, 3.63) is 59.1 Å². The number of phenols is 1. The fourth-order valence-corrected chi connectivity index (χ4v) is 2.61. The van der Waals surface area contributed by atoms with E-state index in [1.807, 2.05) is 12.1 Å². The first-order valence-corrected chi connectivity index (χ1v) is 7.85. The third-order valence-electron chi connectivity index (χ3n) is 2.81. The first kappa shape index (κ1) is 16.4. The van der Waals surface area contributed by atoms with Gasteiger partial charge in [-0.15, -0.1) is 11.8 Å². The number of carbonyl (C=O) groups is 1. The van der Waals surface area contributed by atoms with E-state index in [1.54, 1.807) is 43.3 Å². The molecule has 114 valence electrons. The number of aromatic hydroxyl groups is 1. The van der Waals surface area contributed by atoms with Gasteiger partial charge in [0.1, 0.15) is 5.75 Å². The van der Waals surface area contributed by atoms with E-state index < -0.39 is 0 Å². The highest BCUT2D eigenvalue weighted by Crippen LogP contribution is 2.24. The van der Waals surface area contributed by atoms with Crippen LogP contribution in [0.1, 0.15) is 12.5 Å². The lowest BCUT2D eigenvalue weighted by molar-refractivity contribution is -0.120. The topological polar surface area (TPSA) is 61.7 Å². The molecule has 0 radical (unpaired) electrons. The van der Waals surface area contributed by atoms with E-state index in [0.717, 1.165) is 4.90 Å². The van der Waals surface area contributed by atoms with Gasteiger partial charge in [-0.25, -0.2) is 5.43 Å². The maximum atomic E-state index is 12.0. The highest BCUT2D eigenvalue weighted by Gasteiger charge is 2.13. The second-order valence-electron chi connectivity index (χ2n) is 4.51. The summed E-state index contributed by atoms with van der Waals surface area (Å²) in [6.45, 7) is 1.80. The van der Waals surface area contributed by atoms with E-state index in [4.69, 9.17) is 11.6 Å². The summed E-state index contributed by atoms with van der Waals surface area (Å²) >= 11 is 7.24. The van der Waals surface area contributed by atoms with Crippen molar-refractivity contribution in [2.45, 2.75) is 17.1 Å². The Kier molecular flexibility index (Phi) is 5.86. The number of halogens is 1. The molecule has 2 aromatic carbocycles. The number of para-hydroxylation sites is 1. The standard InChI is InChI=1S/C16H15ClN2O2S/c1-11(22-14-8-6-13(17)7-9-14)16(21)19-18-10-12-4-2-3-5-15(12)20/h2-11,20H,1H3,(H,19,21)/b18-10-/t11-/m0/s1. The maximum absolute atomic E-state index is 12.0. The van der Waals surface area contributed by atoms with Crippen LogP contribution < -0.4 is 5.43 Å². The van der Waals surface area contributed by atoms with Gasteiger partial charge in [-0.2, -0.15) is 5.10 Å². The molecule has 0 aliphatic carbocycles. The van der Waals surface area contributed by atoms with E-state index >= 15 is 0 Å². The van der Waals surface area contributed by atoms with Crippen LogP contribution in [0.2, 0.25) is 5.02 Å². The molecule has 1 amide bonds. The van der Waals surface area contributed by atoms with Crippen LogP contribution in [0.5, 0.6) is 5.75 Å². The first-order valence-electron chi connectivity index (χ1n) is 6.59. The molecule has 0 aromatic heterocycles. The summed E-state index contributed by atoms with van der Waals surface area (Å²) in [7, 11) is 0. The average Bonchev–Trinajstić information content (AvgIpc) is 2.51. The second-order valence-corrected chi connectivity index (χ2v) is 6.36. The summed E-state index contributed by atoms with van der Waals surface area (Å²) in [6.07, 6.45) is 1.41. The fraction of sp³-hybridized carbons (Fsp3) is 0.125. The van der Waals surface area contributed by atoms with Crippen LogP contribution in [0, 0.1) is 0 Å². The average molecular weight is 335 g/mol. The van der Waals surface area contributed by atoms with E-state index in [2.05, 4.69) is 10.5 Å². The van der Waals surface area contributed by atoms with Gasteiger partial charge in [-0.1, -0.05) is 23.7 Å². The van der Waals surface area contributed by atoms with E-state index in [1.165, 1.54) is 18.0 Å². The molecule has 2 N–H and O–H groups in total. The van der Waals surface area contributed by atoms with Gasteiger partial charge in [-0.3, -0.25) is 4.79 Å². The summed E-state index contributed by atoms with van der Waals surface area (Å²) in [5, 5.41) is 13.8. The molecule has 6 heteroatoms. The quantitative estimate of drug-likeness (QED) is 0.498. The van der Waals surface area contributed by atoms with Gasteiger partial charge in [-0.05, 0) is 43.3 Å². The third-order valence-corrected chi connectivity index (χ3v) is 4.17. The molecule has 0 unspecified atom stereocenters. The Morgan fingerprint density at radius 2 is 1.95 bits per heavy atom. The zero-order chi connectivity index (χ0) is 15.9. The summed E-state index contributed by atoms with van der Waals surface area (Å²) in [6, 6.07) is 14.1. The molecule has 4 nitrogen and oxygen atoms in total. The summed E-state index contributed by atoms with van der Waals surface area (Å²) in [5.41, 5.74) is 3.00. The Bertz CT molecular complexity index is 674. The Morgan fingerprint density at radius 1 is 1.27 bits per heavy atom. The van der Waals surface area contributed by atoms with Gasteiger partial charge in [0.2, 0.25) is 0 Å². The molecule has 0 saturated heterocycles. The molecular formula is C16H15ClN2O2S. The number of hydrogen-bond acceptors (Lipinski definition) is 4. The lowest BCUT2D eigenvalue weighted by atomic mass is 10.2. The van der Waals surface area contributed by atoms with Crippen molar-refractivity contribution in [1.29, 1.82) is 0 Å². The van der Waals surface area contributed by atoms with Crippen molar-refractivity contribution in [1.82, 2.24) is 5.43 Å². The van der Waals surface area contributed by atoms with Gasteiger partial charge < -0.3 is 5.11 Å². The van der Waals surface area contributed by atoms with Crippen LogP contribution >= 0.6 is 23.4 Å². The molecule has 0 aliphatic rings. The highest BCUT2D eigenvalue weighted by atomic mass is 35.5. The number of rotatable bonds is 5. The number of hydrazone groups is 1. The smallest absolute Gasteiger partial charge is 0.253 e. The van der Waals surface area contributed by atoms with Crippen LogP contribution in [0.25, 0.3) is 0 Å². The Hall–Kier alpha value is -1.98. The minimum Gasteiger partial charge on any atom is -0.507 e. The zero-order valence-electron chi connectivity index (χ0n) is 11.9. The molecule has 2 aromatic rings. The summed E-state index contributed by atoms with van der Waals surface area (Å²) in [4.78, 5) is 12.9. The highest BCUT2D eigenvalue weighted by molar-refractivity contribution is 8.00. The van der Waals surface area contributed by atoms with Crippen LogP contribution in [-0.2, 0) is 4.79 Å². The molecule has 1 atom stereocenters. The Balaban J connectivity index is 1.89. The molecule has 0 fully saturated rings. The van der Waals surface area contributed by atoms with Crippen molar-refractivity contribution < 1.29 is 9.90 Å². The van der Waals surface area contributed by atoms with Gasteiger partial charge in [0.25, 0.3) is 5.91 Å². The zero-order valence-corrected chi connectivity index (χ0v) is 13.4. The molecular weight excluding hydrogens is 320 g/mol. The maximum Gasteiger partial charge on any atom is 0.253 e. The van der Waals surface area contributed by atoms with Crippen LogP contribution in [-0.4, -0.2) is 22.5 Å². The van der Waals surface area contributed by atoms with E-state index in [9.17, 15) is 9.90 Å². The number of carbonyl (C=O) groups excluding carboxylic acids is 1. The van der Waals surface area contributed by atoms with Crippen molar-refractivity contribution in [3.8, 4) is 5.75 Å². The fourth-order valence-electron chi connectivity index (χ4n) is 1.62. The summed E-state index contributed by atoms with van der Waals surface area (Å²) in [5.74, 6) is -0.101. The summed E-state index contributed by atoms with van der Waals surface area (Å²) < 4.78 is 0. The monoisotopic (exact) mass is 334 g/mol. The van der Waals surface area contributed by atoms with Gasteiger partial charge in [0.15, 0.2) is 0 Å².